The van der Waals surface area contributed by atoms with Crippen molar-refractivity contribution in [3.63, 3.8) is 0 Å². The quantitative estimate of drug-likeness (QED) is 0.900. The zero-order valence-electron chi connectivity index (χ0n) is 10.3. The number of hydrogen-bond acceptors (Lipinski definition) is 5. The Morgan fingerprint density at radius 1 is 1.44 bits per heavy atom. The van der Waals surface area contributed by atoms with Crippen LogP contribution in [0.15, 0.2) is 22.8 Å². The highest BCUT2D eigenvalue weighted by Crippen LogP contribution is 2.16. The van der Waals surface area contributed by atoms with Gasteiger partial charge in [-0.05, 0) is 39.8 Å². The molecule has 1 N–H and O–H groups in total. The van der Waals surface area contributed by atoms with Crippen LogP contribution in [0.4, 0.5) is 0 Å². The van der Waals surface area contributed by atoms with Gasteiger partial charge in [0.15, 0.2) is 5.82 Å². The molecule has 0 aromatic carbocycles. The molecule has 0 aliphatic heterocycles. The van der Waals surface area contributed by atoms with Crippen LogP contribution in [0, 0.1) is 0 Å². The van der Waals surface area contributed by atoms with Gasteiger partial charge in [-0.3, -0.25) is 4.98 Å². The van der Waals surface area contributed by atoms with Gasteiger partial charge >= 0.3 is 0 Å². The maximum absolute atomic E-state index is 4.41. The van der Waals surface area contributed by atoms with Gasteiger partial charge in [0.1, 0.15) is 0 Å². The fraction of sp³-hybridized carbons (Fsp3) is 0.455. The second-order valence-corrected chi connectivity index (χ2v) is 4.83. The highest BCUT2D eigenvalue weighted by Gasteiger charge is 2.15. The first-order chi connectivity index (χ1) is 8.69. The number of rotatable bonds is 5. The molecule has 0 spiro atoms. The first-order valence-electron chi connectivity index (χ1n) is 5.76. The van der Waals surface area contributed by atoms with Gasteiger partial charge in [0, 0.05) is 17.1 Å². The van der Waals surface area contributed by atoms with E-state index in [0.29, 0.717) is 12.2 Å². The van der Waals surface area contributed by atoms with E-state index < -0.39 is 0 Å². The SMILES string of the molecule is CCNC(Cc1nnn(C)n1)c1ccc(Br)cn1. The molecule has 0 saturated carbocycles. The normalized spacial score (nSPS) is 12.6. The lowest BCUT2D eigenvalue weighted by Gasteiger charge is -2.15. The second kappa shape index (κ2) is 6.01. The van der Waals surface area contributed by atoms with E-state index in [-0.39, 0.29) is 6.04 Å². The average molecular weight is 311 g/mol. The molecule has 96 valence electrons. The summed E-state index contributed by atoms with van der Waals surface area (Å²) in [6.45, 7) is 2.93. The second-order valence-electron chi connectivity index (χ2n) is 3.91. The molecule has 0 aliphatic rings. The summed E-state index contributed by atoms with van der Waals surface area (Å²) in [5.74, 6) is 0.716. The molecule has 7 heteroatoms. The Balaban J connectivity index is 2.14. The lowest BCUT2D eigenvalue weighted by Crippen LogP contribution is -2.24. The predicted octanol–water partition coefficient (Wildman–Crippen LogP) is 1.26. The van der Waals surface area contributed by atoms with Gasteiger partial charge in [-0.1, -0.05) is 6.92 Å². The van der Waals surface area contributed by atoms with Crippen molar-refractivity contribution in [2.45, 2.75) is 19.4 Å². The maximum Gasteiger partial charge on any atom is 0.176 e. The third-order valence-electron chi connectivity index (χ3n) is 2.49. The molecule has 2 heterocycles. The van der Waals surface area contributed by atoms with Crippen LogP contribution in [0.1, 0.15) is 24.5 Å². The smallest absolute Gasteiger partial charge is 0.176 e. The topological polar surface area (TPSA) is 68.5 Å². The number of pyridine rings is 1. The van der Waals surface area contributed by atoms with E-state index >= 15 is 0 Å². The molecule has 18 heavy (non-hydrogen) atoms. The lowest BCUT2D eigenvalue weighted by molar-refractivity contribution is 0.522. The molecule has 0 bridgehead atoms. The number of aryl methyl sites for hydroxylation is 1. The third-order valence-corrected chi connectivity index (χ3v) is 2.96. The Labute approximate surface area is 114 Å². The van der Waals surface area contributed by atoms with E-state index in [1.807, 2.05) is 12.1 Å². The number of nitrogens with one attached hydrogen (secondary N) is 1. The minimum atomic E-state index is 0.104. The van der Waals surface area contributed by atoms with E-state index in [2.05, 4.69) is 48.6 Å². The zero-order valence-corrected chi connectivity index (χ0v) is 11.9. The standard InChI is InChI=1S/C11H15BrN6/c1-3-13-10(6-11-15-17-18(2)16-11)9-5-4-8(12)7-14-9/h4-5,7,10,13H,3,6H2,1-2H3. The van der Waals surface area contributed by atoms with Crippen LogP contribution in [-0.4, -0.2) is 31.7 Å². The number of aromatic nitrogens is 5. The molecule has 0 saturated heterocycles. The first-order valence-corrected chi connectivity index (χ1v) is 6.56. The number of halogens is 1. The summed E-state index contributed by atoms with van der Waals surface area (Å²) in [4.78, 5) is 5.87. The maximum atomic E-state index is 4.41. The molecule has 1 atom stereocenters. The van der Waals surface area contributed by atoms with Crippen molar-refractivity contribution in [1.29, 1.82) is 0 Å². The molecule has 0 amide bonds. The van der Waals surface area contributed by atoms with Crippen molar-refractivity contribution < 1.29 is 0 Å². The van der Waals surface area contributed by atoms with Crippen LogP contribution in [-0.2, 0) is 13.5 Å². The van der Waals surface area contributed by atoms with Gasteiger partial charge in [-0.25, -0.2) is 0 Å². The molecule has 0 fully saturated rings. The average Bonchev–Trinajstić information content (AvgIpc) is 2.75. The highest BCUT2D eigenvalue weighted by atomic mass is 79.9. The molecule has 1 unspecified atom stereocenters. The largest absolute Gasteiger partial charge is 0.309 e. The van der Waals surface area contributed by atoms with Gasteiger partial charge in [0.25, 0.3) is 0 Å². The van der Waals surface area contributed by atoms with Crippen molar-refractivity contribution in [2.75, 3.05) is 6.54 Å². The number of nitrogens with zero attached hydrogens (tertiary/aromatic N) is 5. The van der Waals surface area contributed by atoms with Crippen molar-refractivity contribution >= 4 is 15.9 Å². The first kappa shape index (κ1) is 13.1. The lowest BCUT2D eigenvalue weighted by atomic mass is 10.1. The summed E-state index contributed by atoms with van der Waals surface area (Å²) in [7, 11) is 1.76. The van der Waals surface area contributed by atoms with Crippen LogP contribution in [0.3, 0.4) is 0 Å². The summed E-state index contributed by atoms with van der Waals surface area (Å²) in [5.41, 5.74) is 0.979. The van der Waals surface area contributed by atoms with E-state index in [1.165, 1.54) is 4.80 Å². The highest BCUT2D eigenvalue weighted by molar-refractivity contribution is 9.10. The van der Waals surface area contributed by atoms with Crippen LogP contribution >= 0.6 is 15.9 Å². The van der Waals surface area contributed by atoms with Gasteiger partial charge in [-0.2, -0.15) is 4.80 Å². The monoisotopic (exact) mass is 310 g/mol. The summed E-state index contributed by atoms with van der Waals surface area (Å²) < 4.78 is 0.971. The minimum absolute atomic E-state index is 0.104. The molecule has 6 nitrogen and oxygen atoms in total. The third kappa shape index (κ3) is 3.33. The molecule has 2 rings (SSSR count). The Morgan fingerprint density at radius 2 is 2.28 bits per heavy atom. The van der Waals surface area contributed by atoms with Gasteiger partial charge in [-0.15, -0.1) is 10.2 Å². The molecule has 2 aromatic rings. The summed E-state index contributed by atoms with van der Waals surface area (Å²) in [6.07, 6.45) is 2.47. The summed E-state index contributed by atoms with van der Waals surface area (Å²) in [5, 5.41) is 15.4. The summed E-state index contributed by atoms with van der Waals surface area (Å²) >= 11 is 3.38. The van der Waals surface area contributed by atoms with Gasteiger partial charge in [0.05, 0.1) is 18.8 Å². The minimum Gasteiger partial charge on any atom is -0.309 e. The van der Waals surface area contributed by atoms with Crippen LogP contribution in [0.5, 0.6) is 0 Å². The van der Waals surface area contributed by atoms with E-state index in [9.17, 15) is 0 Å². The van der Waals surface area contributed by atoms with Crippen molar-refractivity contribution in [2.24, 2.45) is 7.05 Å². The van der Waals surface area contributed by atoms with Crippen molar-refractivity contribution in [1.82, 2.24) is 30.5 Å². The van der Waals surface area contributed by atoms with Gasteiger partial charge < -0.3 is 5.32 Å². The predicted molar refractivity (Wildman–Crippen MR) is 70.9 cm³/mol. The van der Waals surface area contributed by atoms with Crippen LogP contribution in [0.25, 0.3) is 0 Å². The fourth-order valence-corrected chi connectivity index (χ4v) is 1.94. The van der Waals surface area contributed by atoms with Crippen LogP contribution in [0.2, 0.25) is 0 Å². The van der Waals surface area contributed by atoms with Crippen molar-refractivity contribution in [3.05, 3.63) is 34.3 Å². The molecule has 0 aliphatic carbocycles. The van der Waals surface area contributed by atoms with Crippen molar-refractivity contribution in [3.8, 4) is 0 Å². The van der Waals surface area contributed by atoms with Gasteiger partial charge in [0.2, 0.25) is 0 Å². The Hall–Kier alpha value is -1.34. The molecular weight excluding hydrogens is 296 g/mol. The van der Waals surface area contributed by atoms with Crippen LogP contribution < -0.4 is 5.32 Å². The fourth-order valence-electron chi connectivity index (χ4n) is 1.71. The van der Waals surface area contributed by atoms with E-state index in [1.54, 1.807) is 13.2 Å². The van der Waals surface area contributed by atoms with E-state index in [4.69, 9.17) is 0 Å². The molecular formula is C11H15BrN6. The Morgan fingerprint density at radius 3 is 2.83 bits per heavy atom. The number of tetrazole rings is 1. The molecule has 0 radical (unpaired) electrons. The Kier molecular flexibility index (Phi) is 4.38. The zero-order chi connectivity index (χ0) is 13.0. The summed E-state index contributed by atoms with van der Waals surface area (Å²) in [6, 6.07) is 4.08. The van der Waals surface area contributed by atoms with E-state index in [0.717, 1.165) is 16.7 Å². The number of likely N-dealkylation sites (N-methyl/N-ethyl adjacent to an activating group) is 1. The molecule has 2 aromatic heterocycles. The number of hydrogen-bond donors (Lipinski definition) is 1. The Bertz CT molecular complexity index is 494.